The fraction of sp³-hybridized carbons (Fsp3) is 0.263. The lowest BCUT2D eigenvalue weighted by Gasteiger charge is -2.17. The molecule has 27 heavy (non-hydrogen) atoms. The van der Waals surface area contributed by atoms with Gasteiger partial charge in [-0.25, -0.2) is 13.4 Å². The Morgan fingerprint density at radius 3 is 2.56 bits per heavy atom. The number of hydrogen-bond acceptors (Lipinski definition) is 4. The van der Waals surface area contributed by atoms with Gasteiger partial charge in [-0.05, 0) is 30.7 Å². The zero-order valence-electron chi connectivity index (χ0n) is 15.0. The molecule has 0 aliphatic rings. The van der Waals surface area contributed by atoms with Crippen LogP contribution >= 0.6 is 15.9 Å². The number of sulfone groups is 1. The molecule has 0 saturated carbocycles. The minimum atomic E-state index is -3.28. The molecule has 142 valence electrons. The Morgan fingerprint density at radius 1 is 1.19 bits per heavy atom. The minimum absolute atomic E-state index is 0.000158. The Balaban J connectivity index is 1.86. The number of imidazole rings is 1. The molecule has 3 rings (SSSR count). The van der Waals surface area contributed by atoms with Gasteiger partial charge in [0.15, 0.2) is 9.84 Å². The van der Waals surface area contributed by atoms with Crippen LogP contribution in [0.5, 0.6) is 0 Å². The van der Waals surface area contributed by atoms with Crippen LogP contribution in [0.4, 0.5) is 0 Å². The number of hydrogen-bond donors (Lipinski definition) is 1. The van der Waals surface area contributed by atoms with E-state index in [2.05, 4.69) is 26.2 Å². The van der Waals surface area contributed by atoms with Crippen LogP contribution in [0.2, 0.25) is 0 Å². The van der Waals surface area contributed by atoms with Crippen molar-refractivity contribution in [2.75, 3.05) is 6.26 Å². The number of halogens is 1. The number of benzene rings is 2. The molecular weight excluding hydrogens is 430 g/mol. The van der Waals surface area contributed by atoms with Crippen LogP contribution in [0.3, 0.4) is 0 Å². The quantitative estimate of drug-likeness (QED) is 0.626. The smallest absolute Gasteiger partial charge is 0.240 e. The number of amides is 1. The van der Waals surface area contributed by atoms with Gasteiger partial charge in [-0.15, -0.1) is 0 Å². The maximum absolute atomic E-state index is 12.6. The van der Waals surface area contributed by atoms with Crippen molar-refractivity contribution in [2.24, 2.45) is 0 Å². The molecule has 0 radical (unpaired) electrons. The molecule has 0 aliphatic carbocycles. The number of nitrogens with zero attached hydrogens (tertiary/aromatic N) is 2. The number of fused-ring (bicyclic) bond motifs is 1. The molecule has 0 fully saturated rings. The van der Waals surface area contributed by atoms with Gasteiger partial charge < -0.3 is 9.88 Å². The normalized spacial score (nSPS) is 12.9. The molecule has 0 aliphatic heterocycles. The number of carbonyl (C=O) groups is 1. The van der Waals surface area contributed by atoms with E-state index in [0.717, 1.165) is 21.8 Å². The van der Waals surface area contributed by atoms with Crippen molar-refractivity contribution in [2.45, 2.75) is 25.3 Å². The lowest BCUT2D eigenvalue weighted by molar-refractivity contribution is -0.122. The Bertz CT molecular complexity index is 1090. The number of carbonyl (C=O) groups excluding carboxylic acids is 1. The first-order valence-corrected chi connectivity index (χ1v) is 11.3. The molecule has 1 N–H and O–H groups in total. The van der Waals surface area contributed by atoms with Gasteiger partial charge in [-0.3, -0.25) is 4.79 Å². The fourth-order valence-electron chi connectivity index (χ4n) is 2.98. The standard InChI is InChI=1S/C19H20BrN3O3S/c1-13(14-7-3-4-8-15(14)20)21-19(24)11-23-17-10-6-5-9-16(17)22-18(23)12-27(2,25)26/h3-10,13H,11-12H2,1-2H3,(H,21,24)/t13-/m0/s1. The van der Waals surface area contributed by atoms with Crippen LogP contribution in [0.15, 0.2) is 53.0 Å². The van der Waals surface area contributed by atoms with Gasteiger partial charge in [0, 0.05) is 10.7 Å². The summed E-state index contributed by atoms with van der Waals surface area (Å²) in [5.74, 6) is -0.0621. The van der Waals surface area contributed by atoms with Gasteiger partial charge >= 0.3 is 0 Å². The average molecular weight is 450 g/mol. The molecule has 6 nitrogen and oxygen atoms in total. The molecule has 0 spiro atoms. The van der Waals surface area contributed by atoms with E-state index >= 15 is 0 Å². The molecular formula is C19H20BrN3O3S. The van der Waals surface area contributed by atoms with E-state index in [4.69, 9.17) is 0 Å². The highest BCUT2D eigenvalue weighted by atomic mass is 79.9. The minimum Gasteiger partial charge on any atom is -0.348 e. The van der Waals surface area contributed by atoms with E-state index in [1.165, 1.54) is 0 Å². The summed E-state index contributed by atoms with van der Waals surface area (Å²) in [5.41, 5.74) is 2.38. The van der Waals surface area contributed by atoms with Crippen molar-refractivity contribution in [1.29, 1.82) is 0 Å². The topological polar surface area (TPSA) is 81.1 Å². The molecule has 1 atom stereocenters. The molecule has 1 amide bonds. The summed E-state index contributed by atoms with van der Waals surface area (Å²) in [6.45, 7) is 1.90. The van der Waals surface area contributed by atoms with Crippen molar-refractivity contribution in [3.8, 4) is 0 Å². The van der Waals surface area contributed by atoms with E-state index in [0.29, 0.717) is 11.3 Å². The molecule has 8 heteroatoms. The Kier molecular flexibility index (Phi) is 5.67. The van der Waals surface area contributed by atoms with E-state index in [9.17, 15) is 13.2 Å². The number of para-hydroxylation sites is 2. The summed E-state index contributed by atoms with van der Waals surface area (Å²) < 4.78 is 26.1. The molecule has 2 aromatic carbocycles. The second-order valence-electron chi connectivity index (χ2n) is 6.48. The van der Waals surface area contributed by atoms with Crippen molar-refractivity contribution in [1.82, 2.24) is 14.9 Å². The van der Waals surface area contributed by atoms with Crippen LogP contribution in [-0.4, -0.2) is 30.1 Å². The van der Waals surface area contributed by atoms with Gasteiger partial charge in [0.1, 0.15) is 18.1 Å². The third-order valence-electron chi connectivity index (χ3n) is 4.18. The van der Waals surface area contributed by atoms with Crippen LogP contribution in [0.1, 0.15) is 24.4 Å². The Hall–Kier alpha value is -2.19. The van der Waals surface area contributed by atoms with E-state index < -0.39 is 9.84 Å². The predicted molar refractivity (Wildman–Crippen MR) is 109 cm³/mol. The second kappa shape index (κ2) is 7.82. The van der Waals surface area contributed by atoms with Crippen LogP contribution in [0.25, 0.3) is 11.0 Å². The maximum Gasteiger partial charge on any atom is 0.240 e. The summed E-state index contributed by atoms with van der Waals surface area (Å²) in [7, 11) is -3.28. The summed E-state index contributed by atoms with van der Waals surface area (Å²) in [6, 6.07) is 14.8. The highest BCUT2D eigenvalue weighted by Gasteiger charge is 2.18. The summed E-state index contributed by atoms with van der Waals surface area (Å²) in [6.07, 6.45) is 1.16. The van der Waals surface area contributed by atoms with Crippen molar-refractivity contribution in [3.05, 3.63) is 64.4 Å². The monoisotopic (exact) mass is 449 g/mol. The second-order valence-corrected chi connectivity index (χ2v) is 9.48. The van der Waals surface area contributed by atoms with Crippen molar-refractivity contribution in [3.63, 3.8) is 0 Å². The van der Waals surface area contributed by atoms with E-state index in [1.54, 1.807) is 10.6 Å². The highest BCUT2D eigenvalue weighted by molar-refractivity contribution is 9.10. The molecule has 0 unspecified atom stereocenters. The Morgan fingerprint density at radius 2 is 1.85 bits per heavy atom. The van der Waals surface area contributed by atoms with E-state index in [1.807, 2.05) is 49.4 Å². The molecule has 0 bridgehead atoms. The summed E-state index contributed by atoms with van der Waals surface area (Å²) in [4.78, 5) is 17.0. The van der Waals surface area contributed by atoms with Gasteiger partial charge in [0.25, 0.3) is 0 Å². The lowest BCUT2D eigenvalue weighted by atomic mass is 10.1. The largest absolute Gasteiger partial charge is 0.348 e. The zero-order chi connectivity index (χ0) is 19.6. The van der Waals surface area contributed by atoms with Gasteiger partial charge in [-0.2, -0.15) is 0 Å². The number of rotatable bonds is 6. The summed E-state index contributed by atoms with van der Waals surface area (Å²) >= 11 is 3.49. The van der Waals surface area contributed by atoms with Crippen LogP contribution < -0.4 is 5.32 Å². The zero-order valence-corrected chi connectivity index (χ0v) is 17.4. The molecule has 1 aromatic heterocycles. The Labute approximate surface area is 166 Å². The molecule has 0 saturated heterocycles. The third kappa shape index (κ3) is 4.75. The SMILES string of the molecule is C[C@H](NC(=O)Cn1c(CS(C)(=O)=O)nc2ccccc21)c1ccccc1Br. The maximum atomic E-state index is 12.6. The van der Waals surface area contributed by atoms with Crippen LogP contribution in [0, 0.1) is 0 Å². The fourth-order valence-corrected chi connectivity index (χ4v) is 4.30. The molecule has 3 aromatic rings. The first-order valence-electron chi connectivity index (χ1n) is 8.40. The van der Waals surface area contributed by atoms with E-state index in [-0.39, 0.29) is 24.2 Å². The van der Waals surface area contributed by atoms with Crippen molar-refractivity contribution < 1.29 is 13.2 Å². The van der Waals surface area contributed by atoms with Gasteiger partial charge in [0.2, 0.25) is 5.91 Å². The van der Waals surface area contributed by atoms with Gasteiger partial charge in [0.05, 0.1) is 17.1 Å². The summed E-state index contributed by atoms with van der Waals surface area (Å²) in [5, 5.41) is 2.96. The average Bonchev–Trinajstić information content (AvgIpc) is 2.90. The predicted octanol–water partition coefficient (Wildman–Crippen LogP) is 3.22. The van der Waals surface area contributed by atoms with Gasteiger partial charge in [-0.1, -0.05) is 46.3 Å². The lowest BCUT2D eigenvalue weighted by Crippen LogP contribution is -2.31. The first kappa shape index (κ1) is 19.6. The first-order chi connectivity index (χ1) is 12.7. The van der Waals surface area contributed by atoms with Crippen LogP contribution in [-0.2, 0) is 26.9 Å². The highest BCUT2D eigenvalue weighted by Crippen LogP contribution is 2.23. The number of aromatic nitrogens is 2. The molecule has 1 heterocycles. The van der Waals surface area contributed by atoms with Crippen molar-refractivity contribution >= 4 is 42.7 Å². The number of nitrogens with one attached hydrogen (secondary N) is 1. The third-order valence-corrected chi connectivity index (χ3v) is 5.68.